The van der Waals surface area contributed by atoms with Crippen molar-refractivity contribution in [2.45, 2.75) is 61.9 Å². The predicted molar refractivity (Wildman–Crippen MR) is 113 cm³/mol. The van der Waals surface area contributed by atoms with Crippen LogP contribution in [0, 0.1) is 0 Å². The lowest BCUT2D eigenvalue weighted by Gasteiger charge is -2.32. The quantitative estimate of drug-likeness (QED) is 0.781. The molecule has 0 bridgehead atoms. The average molecular weight is 430 g/mol. The highest BCUT2D eigenvalue weighted by Crippen LogP contribution is 2.27. The van der Waals surface area contributed by atoms with Crippen LogP contribution >= 0.6 is 12.4 Å². The van der Waals surface area contributed by atoms with Gasteiger partial charge in [0.05, 0.1) is 4.90 Å². The van der Waals surface area contributed by atoms with Crippen LogP contribution in [0.2, 0.25) is 0 Å². The third-order valence-corrected chi connectivity index (χ3v) is 7.93. The van der Waals surface area contributed by atoms with Crippen LogP contribution in [-0.2, 0) is 10.0 Å². The van der Waals surface area contributed by atoms with Crippen LogP contribution in [0.25, 0.3) is 0 Å². The molecule has 0 unspecified atom stereocenters. The summed E-state index contributed by atoms with van der Waals surface area (Å²) >= 11 is 0. The van der Waals surface area contributed by atoms with E-state index < -0.39 is 10.0 Å². The average Bonchev–Trinajstić information content (AvgIpc) is 2.73. The van der Waals surface area contributed by atoms with E-state index in [4.69, 9.17) is 0 Å². The number of carbonyl (C=O) groups is 1. The van der Waals surface area contributed by atoms with E-state index >= 15 is 0 Å². The molecule has 0 spiro atoms. The first-order valence-electron chi connectivity index (χ1n) is 9.97. The zero-order valence-electron chi connectivity index (χ0n) is 16.8. The smallest absolute Gasteiger partial charge is 0.253 e. The van der Waals surface area contributed by atoms with E-state index in [1.54, 1.807) is 30.1 Å². The van der Waals surface area contributed by atoms with Gasteiger partial charge in [0, 0.05) is 31.7 Å². The van der Waals surface area contributed by atoms with Gasteiger partial charge in [-0.25, -0.2) is 8.42 Å². The summed E-state index contributed by atoms with van der Waals surface area (Å²) < 4.78 is 27.6. The summed E-state index contributed by atoms with van der Waals surface area (Å²) in [6.07, 6.45) is 6.99. The monoisotopic (exact) mass is 429 g/mol. The number of hydrogen-bond donors (Lipinski definition) is 1. The second-order valence-electron chi connectivity index (χ2n) is 7.74. The van der Waals surface area contributed by atoms with Crippen LogP contribution in [0.15, 0.2) is 29.2 Å². The maximum atomic E-state index is 13.1. The van der Waals surface area contributed by atoms with Gasteiger partial charge in [0.2, 0.25) is 10.0 Å². The van der Waals surface area contributed by atoms with Crippen LogP contribution < -0.4 is 5.32 Å². The molecule has 0 aromatic heterocycles. The Balaban J connectivity index is 0.00000280. The number of nitrogens with zero attached hydrogens (tertiary/aromatic N) is 2. The van der Waals surface area contributed by atoms with Crippen molar-refractivity contribution in [1.29, 1.82) is 0 Å². The number of hydrogen-bond acceptors (Lipinski definition) is 4. The van der Waals surface area contributed by atoms with Crippen molar-refractivity contribution in [3.05, 3.63) is 29.8 Å². The summed E-state index contributed by atoms with van der Waals surface area (Å²) in [5.41, 5.74) is 0.439. The van der Waals surface area contributed by atoms with Gasteiger partial charge in [-0.1, -0.05) is 25.3 Å². The molecule has 2 aliphatic rings. The van der Waals surface area contributed by atoms with Crippen molar-refractivity contribution in [3.8, 4) is 0 Å². The van der Waals surface area contributed by atoms with Crippen molar-refractivity contribution in [2.75, 3.05) is 27.2 Å². The number of nitrogens with one attached hydrogen (secondary N) is 1. The van der Waals surface area contributed by atoms with Crippen molar-refractivity contribution < 1.29 is 13.2 Å². The van der Waals surface area contributed by atoms with Gasteiger partial charge in [0.15, 0.2) is 0 Å². The molecule has 1 N–H and O–H groups in total. The molecule has 3 rings (SSSR count). The summed E-state index contributed by atoms with van der Waals surface area (Å²) in [6.45, 7) is 1.81. The van der Waals surface area contributed by atoms with E-state index in [1.165, 1.54) is 16.8 Å². The van der Waals surface area contributed by atoms with Gasteiger partial charge in [-0.2, -0.15) is 4.31 Å². The van der Waals surface area contributed by atoms with Crippen LogP contribution in [-0.4, -0.2) is 62.8 Å². The van der Waals surface area contributed by atoms with Crippen molar-refractivity contribution in [2.24, 2.45) is 0 Å². The Morgan fingerprint density at radius 1 is 1.00 bits per heavy atom. The van der Waals surface area contributed by atoms with E-state index in [-0.39, 0.29) is 35.3 Å². The third-order valence-electron chi connectivity index (χ3n) is 6.02. The molecule has 1 saturated heterocycles. The second kappa shape index (κ2) is 10.1. The molecule has 1 aliphatic heterocycles. The Hall–Kier alpha value is -1.15. The standard InChI is InChI=1S/C20H31N3O3S.ClH/c1-22(17-11-13-21-14-12-17)20(24)16-7-6-10-19(15-16)27(25,26)23(2)18-8-4-3-5-9-18;/h6-7,10,15,17-18,21H,3-5,8-9,11-14H2,1-2H3;1H. The Kier molecular flexibility index (Phi) is 8.30. The molecule has 28 heavy (non-hydrogen) atoms. The summed E-state index contributed by atoms with van der Waals surface area (Å²) in [5.74, 6) is -0.112. The van der Waals surface area contributed by atoms with E-state index in [0.717, 1.165) is 51.6 Å². The first kappa shape index (κ1) is 23.1. The fourth-order valence-electron chi connectivity index (χ4n) is 4.16. The Bertz CT molecular complexity index is 760. The summed E-state index contributed by atoms with van der Waals surface area (Å²) in [7, 11) is -0.112. The van der Waals surface area contributed by atoms with Crippen molar-refractivity contribution in [1.82, 2.24) is 14.5 Å². The number of amides is 1. The minimum absolute atomic E-state index is 0. The van der Waals surface area contributed by atoms with Gasteiger partial charge in [-0.05, 0) is 57.0 Å². The van der Waals surface area contributed by atoms with Crippen LogP contribution in [0.5, 0.6) is 0 Å². The van der Waals surface area contributed by atoms with Gasteiger partial charge >= 0.3 is 0 Å². The summed E-state index contributed by atoms with van der Waals surface area (Å²) in [5, 5.41) is 3.30. The number of halogens is 1. The van der Waals surface area contributed by atoms with Crippen molar-refractivity contribution in [3.63, 3.8) is 0 Å². The van der Waals surface area contributed by atoms with E-state index in [0.29, 0.717) is 5.56 Å². The predicted octanol–water partition coefficient (Wildman–Crippen LogP) is 2.89. The van der Waals surface area contributed by atoms with Gasteiger partial charge < -0.3 is 10.2 Å². The van der Waals surface area contributed by atoms with E-state index in [1.807, 2.05) is 7.05 Å². The lowest BCUT2D eigenvalue weighted by molar-refractivity contribution is 0.0703. The molecule has 1 aromatic carbocycles. The highest BCUT2D eigenvalue weighted by atomic mass is 35.5. The highest BCUT2D eigenvalue weighted by molar-refractivity contribution is 7.89. The molecule has 1 aromatic rings. The van der Waals surface area contributed by atoms with E-state index in [9.17, 15) is 13.2 Å². The molecule has 1 heterocycles. The Labute approximate surface area is 175 Å². The number of benzene rings is 1. The topological polar surface area (TPSA) is 69.7 Å². The molecule has 1 aliphatic carbocycles. The minimum Gasteiger partial charge on any atom is -0.339 e. The number of sulfonamides is 1. The molecule has 0 atom stereocenters. The van der Waals surface area contributed by atoms with Gasteiger partial charge in [0.25, 0.3) is 5.91 Å². The lowest BCUT2D eigenvalue weighted by atomic mass is 9.96. The van der Waals surface area contributed by atoms with Crippen molar-refractivity contribution >= 4 is 28.3 Å². The molecule has 1 amide bonds. The largest absolute Gasteiger partial charge is 0.339 e. The fourth-order valence-corrected chi connectivity index (χ4v) is 5.62. The van der Waals surface area contributed by atoms with Gasteiger partial charge in [-0.3, -0.25) is 4.79 Å². The van der Waals surface area contributed by atoms with Crippen LogP contribution in [0.1, 0.15) is 55.3 Å². The molecular formula is C20H32ClN3O3S. The highest BCUT2D eigenvalue weighted by Gasteiger charge is 2.30. The maximum absolute atomic E-state index is 13.1. The number of carbonyl (C=O) groups excluding carboxylic acids is 1. The SMILES string of the molecule is CN(C(=O)c1cccc(S(=O)(=O)N(C)C2CCCCC2)c1)C1CCNCC1.Cl. The summed E-state index contributed by atoms with van der Waals surface area (Å²) in [4.78, 5) is 14.9. The van der Waals surface area contributed by atoms with Gasteiger partial charge in [-0.15, -0.1) is 12.4 Å². The number of rotatable bonds is 5. The third kappa shape index (κ3) is 5.06. The Morgan fingerprint density at radius 3 is 2.29 bits per heavy atom. The summed E-state index contributed by atoms with van der Waals surface area (Å²) in [6, 6.07) is 6.76. The fraction of sp³-hybridized carbons (Fsp3) is 0.650. The number of piperidine rings is 1. The molecule has 158 valence electrons. The molecular weight excluding hydrogens is 398 g/mol. The molecule has 8 heteroatoms. The van der Waals surface area contributed by atoms with Gasteiger partial charge in [0.1, 0.15) is 0 Å². The minimum atomic E-state index is -3.59. The molecule has 1 saturated carbocycles. The lowest BCUT2D eigenvalue weighted by Crippen LogP contribution is -2.44. The first-order valence-corrected chi connectivity index (χ1v) is 11.4. The maximum Gasteiger partial charge on any atom is 0.253 e. The van der Waals surface area contributed by atoms with E-state index in [2.05, 4.69) is 5.32 Å². The van der Waals surface area contributed by atoms with Crippen LogP contribution in [0.4, 0.5) is 0 Å². The normalized spacial score (nSPS) is 19.2. The Morgan fingerprint density at radius 2 is 1.64 bits per heavy atom. The first-order chi connectivity index (χ1) is 12.9. The van der Waals surface area contributed by atoms with Crippen LogP contribution in [0.3, 0.4) is 0 Å². The zero-order chi connectivity index (χ0) is 19.4. The molecule has 6 nitrogen and oxygen atoms in total. The molecule has 2 fully saturated rings. The second-order valence-corrected chi connectivity index (χ2v) is 9.74. The molecule has 0 radical (unpaired) electrons. The zero-order valence-corrected chi connectivity index (χ0v) is 18.4.